The molecule has 0 saturated heterocycles. The molecule has 0 spiro atoms. The van der Waals surface area contributed by atoms with E-state index >= 15 is 0 Å². The van der Waals surface area contributed by atoms with E-state index in [1.54, 1.807) is 0 Å². The van der Waals surface area contributed by atoms with Crippen molar-refractivity contribution in [2.45, 2.75) is 27.2 Å². The normalized spacial score (nSPS) is 9.00. The van der Waals surface area contributed by atoms with Crippen molar-refractivity contribution >= 4 is 7.32 Å². The maximum Gasteiger partial charge on any atom is 0.631 e. The lowest BCUT2D eigenvalue weighted by molar-refractivity contribution is 0.278. The lowest BCUT2D eigenvalue weighted by atomic mass is 10.1. The molecule has 14 heavy (non-hydrogen) atoms. The molecule has 0 aliphatic carbocycles. The molecule has 78 valence electrons. The van der Waals surface area contributed by atoms with Gasteiger partial charge >= 0.3 is 7.32 Å². The third-order valence-electron chi connectivity index (χ3n) is 1.69. The monoisotopic (exact) mass is 196 g/mol. The van der Waals surface area contributed by atoms with Crippen LogP contribution in [0.5, 0.6) is 0 Å². The Bertz CT molecular complexity index is 251. The van der Waals surface area contributed by atoms with Gasteiger partial charge in [0.25, 0.3) is 0 Å². The molecule has 1 aromatic rings. The molecule has 0 saturated carbocycles. The molecule has 0 fully saturated rings. The zero-order valence-electron chi connectivity index (χ0n) is 8.86. The lowest BCUT2D eigenvalue weighted by Gasteiger charge is -2.00. The van der Waals surface area contributed by atoms with E-state index < -0.39 is 7.32 Å². The molecular formula is C10H17BO3. The Morgan fingerprint density at radius 3 is 1.64 bits per heavy atom. The lowest BCUT2D eigenvalue weighted by Crippen LogP contribution is -2.07. The molecule has 3 N–H and O–H groups in total. The third kappa shape index (κ3) is 6.66. The number of hydrogen-bond donors (Lipinski definition) is 3. The third-order valence-corrected chi connectivity index (χ3v) is 1.69. The number of aryl methyl sites for hydroxylation is 3. The highest BCUT2D eigenvalue weighted by atomic mass is 16.5. The molecule has 0 aromatic heterocycles. The van der Waals surface area contributed by atoms with Crippen LogP contribution in [0.25, 0.3) is 0 Å². The molecule has 1 aromatic carbocycles. The maximum atomic E-state index is 7.17. The first-order valence-electron chi connectivity index (χ1n) is 4.57. The van der Waals surface area contributed by atoms with E-state index in [0.717, 1.165) is 6.42 Å². The minimum absolute atomic E-state index is 1.14. The summed E-state index contributed by atoms with van der Waals surface area (Å²) in [5.74, 6) is 0. The molecule has 0 amide bonds. The predicted octanol–water partition coefficient (Wildman–Crippen LogP) is 0.814. The van der Waals surface area contributed by atoms with Crippen molar-refractivity contribution in [3.05, 3.63) is 34.9 Å². The van der Waals surface area contributed by atoms with Crippen LogP contribution in [0.4, 0.5) is 0 Å². The summed E-state index contributed by atoms with van der Waals surface area (Å²) in [6, 6.07) is 6.69. The Labute approximate surface area is 85.2 Å². The molecule has 4 heteroatoms. The Kier molecular flexibility index (Phi) is 6.20. The molecular weight excluding hydrogens is 179 g/mol. The van der Waals surface area contributed by atoms with E-state index in [0.29, 0.717) is 0 Å². The highest BCUT2D eigenvalue weighted by molar-refractivity contribution is 6.30. The molecule has 0 aliphatic rings. The van der Waals surface area contributed by atoms with Crippen molar-refractivity contribution < 1.29 is 15.1 Å². The predicted molar refractivity (Wildman–Crippen MR) is 57.7 cm³/mol. The summed E-state index contributed by atoms with van der Waals surface area (Å²) in [5, 5.41) is 21.5. The zero-order valence-corrected chi connectivity index (χ0v) is 8.86. The number of benzene rings is 1. The van der Waals surface area contributed by atoms with Gasteiger partial charge in [0, 0.05) is 0 Å². The van der Waals surface area contributed by atoms with Crippen LogP contribution in [-0.4, -0.2) is 22.4 Å². The van der Waals surface area contributed by atoms with Crippen molar-refractivity contribution in [1.29, 1.82) is 0 Å². The van der Waals surface area contributed by atoms with Crippen LogP contribution in [0, 0.1) is 13.8 Å². The SMILES string of the molecule is CCc1cc(C)cc(C)c1.OB(O)O. The summed E-state index contributed by atoms with van der Waals surface area (Å²) >= 11 is 0. The van der Waals surface area contributed by atoms with E-state index in [-0.39, 0.29) is 0 Å². The average molecular weight is 196 g/mol. The standard InChI is InChI=1S/C10H14.BH3O3/c1-4-10-6-8(2)5-9(3)7-10;2-1(3)4/h5-7H,4H2,1-3H3;2-4H. The first kappa shape index (κ1) is 13.2. The Hall–Kier alpha value is -0.835. The van der Waals surface area contributed by atoms with Crippen LogP contribution in [0.1, 0.15) is 23.6 Å². The smallest absolute Gasteiger partial charge is 0.402 e. The van der Waals surface area contributed by atoms with Gasteiger partial charge in [-0.3, -0.25) is 0 Å². The fourth-order valence-corrected chi connectivity index (χ4v) is 1.27. The Morgan fingerprint density at radius 2 is 1.36 bits per heavy atom. The molecule has 0 bridgehead atoms. The van der Waals surface area contributed by atoms with Crippen LogP contribution in [-0.2, 0) is 6.42 Å². The summed E-state index contributed by atoms with van der Waals surface area (Å²) in [5.41, 5.74) is 4.19. The largest absolute Gasteiger partial charge is 0.631 e. The molecule has 0 atom stereocenters. The van der Waals surface area contributed by atoms with Gasteiger partial charge < -0.3 is 15.1 Å². The van der Waals surface area contributed by atoms with Gasteiger partial charge in [0.15, 0.2) is 0 Å². The molecule has 1 rings (SSSR count). The zero-order chi connectivity index (χ0) is 11.1. The maximum absolute atomic E-state index is 7.17. The second-order valence-corrected chi connectivity index (χ2v) is 3.20. The highest BCUT2D eigenvalue weighted by Crippen LogP contribution is 2.08. The van der Waals surface area contributed by atoms with Gasteiger partial charge in [-0.1, -0.05) is 36.2 Å². The van der Waals surface area contributed by atoms with E-state index in [9.17, 15) is 0 Å². The second kappa shape index (κ2) is 6.59. The van der Waals surface area contributed by atoms with Crippen LogP contribution >= 0.6 is 0 Å². The molecule has 3 nitrogen and oxygen atoms in total. The van der Waals surface area contributed by atoms with Crippen LogP contribution in [0.2, 0.25) is 0 Å². The summed E-state index contributed by atoms with van der Waals surface area (Å²) in [6.45, 7) is 6.48. The topological polar surface area (TPSA) is 60.7 Å². The minimum Gasteiger partial charge on any atom is -0.402 e. The van der Waals surface area contributed by atoms with Crippen LogP contribution in [0.3, 0.4) is 0 Å². The van der Waals surface area contributed by atoms with Crippen molar-refractivity contribution in [1.82, 2.24) is 0 Å². The van der Waals surface area contributed by atoms with Gasteiger partial charge in [0.1, 0.15) is 0 Å². The molecule has 0 unspecified atom stereocenters. The van der Waals surface area contributed by atoms with E-state index in [1.807, 2.05) is 0 Å². The summed E-state index contributed by atoms with van der Waals surface area (Å²) in [6.07, 6.45) is 1.14. The van der Waals surface area contributed by atoms with Crippen molar-refractivity contribution in [2.75, 3.05) is 0 Å². The summed E-state index contributed by atoms with van der Waals surface area (Å²) in [7, 11) is -2.17. The summed E-state index contributed by atoms with van der Waals surface area (Å²) < 4.78 is 0. The highest BCUT2D eigenvalue weighted by Gasteiger charge is 1.92. The fraction of sp³-hybridized carbons (Fsp3) is 0.400. The van der Waals surface area contributed by atoms with Gasteiger partial charge in [-0.2, -0.15) is 0 Å². The van der Waals surface area contributed by atoms with Gasteiger partial charge in [0.2, 0.25) is 0 Å². The molecule has 0 heterocycles. The second-order valence-electron chi connectivity index (χ2n) is 3.20. The first-order chi connectivity index (χ1) is 6.45. The molecule has 0 aliphatic heterocycles. The van der Waals surface area contributed by atoms with Crippen LogP contribution < -0.4 is 0 Å². The average Bonchev–Trinajstić information content (AvgIpc) is 2.01. The Balaban J connectivity index is 0.000000364. The fourth-order valence-electron chi connectivity index (χ4n) is 1.27. The van der Waals surface area contributed by atoms with Gasteiger partial charge in [-0.25, -0.2) is 0 Å². The van der Waals surface area contributed by atoms with Crippen molar-refractivity contribution in [3.8, 4) is 0 Å². The first-order valence-corrected chi connectivity index (χ1v) is 4.57. The number of rotatable bonds is 1. The van der Waals surface area contributed by atoms with Gasteiger partial charge in [-0.05, 0) is 25.8 Å². The minimum atomic E-state index is -2.17. The van der Waals surface area contributed by atoms with Gasteiger partial charge in [-0.15, -0.1) is 0 Å². The molecule has 0 radical (unpaired) electrons. The number of hydrogen-bond acceptors (Lipinski definition) is 3. The van der Waals surface area contributed by atoms with E-state index in [4.69, 9.17) is 15.1 Å². The van der Waals surface area contributed by atoms with E-state index in [1.165, 1.54) is 16.7 Å². The van der Waals surface area contributed by atoms with E-state index in [2.05, 4.69) is 39.0 Å². The van der Waals surface area contributed by atoms with Crippen molar-refractivity contribution in [3.63, 3.8) is 0 Å². The Morgan fingerprint density at radius 1 is 1.00 bits per heavy atom. The quantitative estimate of drug-likeness (QED) is 0.582. The van der Waals surface area contributed by atoms with Crippen LogP contribution in [0.15, 0.2) is 18.2 Å². The van der Waals surface area contributed by atoms with Crippen molar-refractivity contribution in [2.24, 2.45) is 0 Å². The summed E-state index contributed by atoms with van der Waals surface area (Å²) in [4.78, 5) is 0. The van der Waals surface area contributed by atoms with Gasteiger partial charge in [0.05, 0.1) is 0 Å².